The van der Waals surface area contributed by atoms with E-state index in [-0.39, 0.29) is 0 Å². The van der Waals surface area contributed by atoms with Crippen LogP contribution in [-0.4, -0.2) is 0 Å². The van der Waals surface area contributed by atoms with Gasteiger partial charge < -0.3 is 5.32 Å². The zero-order valence-corrected chi connectivity index (χ0v) is 6.64. The second-order valence-electron chi connectivity index (χ2n) is 2.49. The fraction of sp³-hybridized carbons (Fsp3) is 0.200. The molecule has 0 radical (unpaired) electrons. The highest BCUT2D eigenvalue weighted by molar-refractivity contribution is 5.26. The van der Waals surface area contributed by atoms with Gasteiger partial charge in [0.25, 0.3) is 0 Å². The maximum atomic E-state index is 3.76. The zero-order chi connectivity index (χ0) is 8.10. The minimum Gasteiger partial charge on any atom is -0.356 e. The largest absolute Gasteiger partial charge is 0.356 e. The molecule has 0 heterocycles. The smallest absolute Gasteiger partial charge is 0.0340 e. The first-order valence-corrected chi connectivity index (χ1v) is 3.78. The molecule has 0 unspecified atom stereocenters. The molecule has 1 heteroatoms. The summed E-state index contributed by atoms with van der Waals surface area (Å²) in [6.07, 6.45) is 10.4. The van der Waals surface area contributed by atoms with Gasteiger partial charge in [0.1, 0.15) is 0 Å². The van der Waals surface area contributed by atoms with E-state index in [0.717, 1.165) is 24.2 Å². The second-order valence-corrected chi connectivity index (χ2v) is 2.49. The van der Waals surface area contributed by atoms with Crippen LogP contribution in [0.2, 0.25) is 0 Å². The highest BCUT2D eigenvalue weighted by Gasteiger charge is 1.95. The van der Waals surface area contributed by atoms with Gasteiger partial charge in [0.15, 0.2) is 0 Å². The summed E-state index contributed by atoms with van der Waals surface area (Å²) in [4.78, 5) is 0. The quantitative estimate of drug-likeness (QED) is 0.605. The minimum atomic E-state index is 0.850. The SMILES string of the molecule is C=CC(=C)NC1=CCCC=C1. The number of hydrogen-bond donors (Lipinski definition) is 1. The van der Waals surface area contributed by atoms with E-state index in [9.17, 15) is 0 Å². The van der Waals surface area contributed by atoms with Crippen LogP contribution in [0.3, 0.4) is 0 Å². The van der Waals surface area contributed by atoms with Crippen LogP contribution >= 0.6 is 0 Å². The van der Waals surface area contributed by atoms with Crippen molar-refractivity contribution in [2.45, 2.75) is 12.8 Å². The van der Waals surface area contributed by atoms with Gasteiger partial charge >= 0.3 is 0 Å². The van der Waals surface area contributed by atoms with Crippen LogP contribution in [0.1, 0.15) is 12.8 Å². The Bertz CT molecular complexity index is 221. The Morgan fingerprint density at radius 2 is 2.36 bits per heavy atom. The van der Waals surface area contributed by atoms with Crippen LogP contribution in [0.5, 0.6) is 0 Å². The molecule has 0 spiro atoms. The van der Waals surface area contributed by atoms with Crippen molar-refractivity contribution >= 4 is 0 Å². The maximum absolute atomic E-state index is 3.76. The summed E-state index contributed by atoms with van der Waals surface area (Å²) in [5, 5.41) is 3.13. The molecule has 1 aliphatic carbocycles. The molecule has 0 bridgehead atoms. The normalized spacial score (nSPS) is 15.5. The van der Waals surface area contributed by atoms with Gasteiger partial charge in [-0.1, -0.05) is 25.3 Å². The summed E-state index contributed by atoms with van der Waals surface area (Å²) in [6.45, 7) is 7.38. The average Bonchev–Trinajstić information content (AvgIpc) is 2.06. The Kier molecular flexibility index (Phi) is 2.73. The molecule has 1 rings (SSSR count). The van der Waals surface area contributed by atoms with E-state index in [4.69, 9.17) is 0 Å². The Hall–Kier alpha value is -1.24. The van der Waals surface area contributed by atoms with Crippen molar-refractivity contribution in [1.82, 2.24) is 5.32 Å². The Morgan fingerprint density at radius 1 is 1.55 bits per heavy atom. The molecule has 11 heavy (non-hydrogen) atoms. The van der Waals surface area contributed by atoms with Crippen LogP contribution < -0.4 is 5.32 Å². The van der Waals surface area contributed by atoms with Gasteiger partial charge in [-0.15, -0.1) is 0 Å². The van der Waals surface area contributed by atoms with Gasteiger partial charge in [0.2, 0.25) is 0 Å². The van der Waals surface area contributed by atoms with E-state index in [1.807, 2.05) is 0 Å². The zero-order valence-electron chi connectivity index (χ0n) is 6.64. The van der Waals surface area contributed by atoms with Crippen molar-refractivity contribution in [2.75, 3.05) is 0 Å². The summed E-state index contributed by atoms with van der Waals surface area (Å²) in [6, 6.07) is 0. The molecule has 0 aromatic rings. The second kappa shape index (κ2) is 3.81. The van der Waals surface area contributed by atoms with E-state index in [2.05, 4.69) is 36.7 Å². The molecule has 1 N–H and O–H groups in total. The summed E-state index contributed by atoms with van der Waals surface area (Å²) in [7, 11) is 0. The van der Waals surface area contributed by atoms with Crippen LogP contribution in [0, 0.1) is 0 Å². The predicted molar refractivity (Wildman–Crippen MR) is 48.9 cm³/mol. The van der Waals surface area contributed by atoms with Gasteiger partial charge in [-0.05, 0) is 25.0 Å². The van der Waals surface area contributed by atoms with Crippen molar-refractivity contribution in [1.29, 1.82) is 0 Å². The van der Waals surface area contributed by atoms with E-state index < -0.39 is 0 Å². The Morgan fingerprint density at radius 3 is 2.91 bits per heavy atom. The van der Waals surface area contributed by atoms with Gasteiger partial charge in [0, 0.05) is 11.4 Å². The molecule has 0 fully saturated rings. The molecule has 1 aliphatic rings. The summed E-state index contributed by atoms with van der Waals surface area (Å²) in [5.74, 6) is 0. The van der Waals surface area contributed by atoms with Gasteiger partial charge in [-0.3, -0.25) is 0 Å². The summed E-state index contributed by atoms with van der Waals surface area (Å²) < 4.78 is 0. The third-order valence-electron chi connectivity index (χ3n) is 1.55. The van der Waals surface area contributed by atoms with E-state index in [1.165, 1.54) is 0 Å². The lowest BCUT2D eigenvalue weighted by Crippen LogP contribution is -2.09. The molecule has 0 atom stereocenters. The van der Waals surface area contributed by atoms with Gasteiger partial charge in [-0.2, -0.15) is 0 Å². The van der Waals surface area contributed by atoms with Gasteiger partial charge in [-0.25, -0.2) is 0 Å². The van der Waals surface area contributed by atoms with Crippen molar-refractivity contribution in [3.05, 3.63) is 48.9 Å². The number of nitrogens with one attached hydrogen (secondary N) is 1. The van der Waals surface area contributed by atoms with Crippen LogP contribution in [0.4, 0.5) is 0 Å². The molecule has 0 amide bonds. The molecule has 0 saturated carbocycles. The van der Waals surface area contributed by atoms with E-state index >= 15 is 0 Å². The molecule has 58 valence electrons. The fourth-order valence-electron chi connectivity index (χ4n) is 0.943. The number of rotatable bonds is 3. The lowest BCUT2D eigenvalue weighted by molar-refractivity contribution is 0.952. The average molecular weight is 147 g/mol. The first-order valence-electron chi connectivity index (χ1n) is 3.78. The monoisotopic (exact) mass is 147 g/mol. The van der Waals surface area contributed by atoms with Crippen molar-refractivity contribution in [2.24, 2.45) is 0 Å². The number of allylic oxidation sites excluding steroid dienone is 4. The third-order valence-corrected chi connectivity index (χ3v) is 1.55. The lowest BCUT2D eigenvalue weighted by Gasteiger charge is -2.09. The van der Waals surface area contributed by atoms with E-state index in [1.54, 1.807) is 6.08 Å². The first kappa shape index (κ1) is 7.86. The first-order chi connectivity index (χ1) is 5.33. The molecule has 1 nitrogen and oxygen atoms in total. The molecule has 0 aromatic heterocycles. The standard InChI is InChI=1S/C10H13N/c1-3-9(2)11-10-7-5-4-6-8-10/h3,5,7-8,11H,1-2,4,6H2. The van der Waals surface area contributed by atoms with Crippen molar-refractivity contribution in [3.63, 3.8) is 0 Å². The minimum absolute atomic E-state index is 0.850. The summed E-state index contributed by atoms with van der Waals surface area (Å²) >= 11 is 0. The van der Waals surface area contributed by atoms with Crippen LogP contribution in [0.15, 0.2) is 48.9 Å². The topological polar surface area (TPSA) is 12.0 Å². The number of hydrogen-bond acceptors (Lipinski definition) is 1. The van der Waals surface area contributed by atoms with Gasteiger partial charge in [0.05, 0.1) is 0 Å². The highest BCUT2D eigenvalue weighted by Crippen LogP contribution is 2.07. The van der Waals surface area contributed by atoms with Crippen LogP contribution in [-0.2, 0) is 0 Å². The molecule has 0 aliphatic heterocycles. The lowest BCUT2D eigenvalue weighted by atomic mass is 10.1. The predicted octanol–water partition coefficient (Wildman–Crippen LogP) is 2.51. The highest BCUT2D eigenvalue weighted by atomic mass is 14.9. The Balaban J connectivity index is 2.48. The van der Waals surface area contributed by atoms with Crippen molar-refractivity contribution in [3.8, 4) is 0 Å². The third kappa shape index (κ3) is 2.46. The maximum Gasteiger partial charge on any atom is 0.0340 e. The molecular formula is C10H13N. The fourth-order valence-corrected chi connectivity index (χ4v) is 0.943. The molecule has 0 saturated heterocycles. The van der Waals surface area contributed by atoms with Crippen LogP contribution in [0.25, 0.3) is 0 Å². The van der Waals surface area contributed by atoms with Crippen molar-refractivity contribution < 1.29 is 0 Å². The molecule has 0 aromatic carbocycles. The molecular weight excluding hydrogens is 134 g/mol. The Labute approximate surface area is 67.8 Å². The summed E-state index contributed by atoms with van der Waals surface area (Å²) in [5.41, 5.74) is 1.98. The van der Waals surface area contributed by atoms with E-state index in [0.29, 0.717) is 0 Å².